The number of methoxy groups -OCH3 is 1. The molecule has 0 aromatic heterocycles. The van der Waals surface area contributed by atoms with E-state index in [9.17, 15) is 9.59 Å². The molecule has 0 heterocycles. The highest BCUT2D eigenvalue weighted by atomic mass is 35.5. The molecule has 2 N–H and O–H groups in total. The predicted octanol–water partition coefficient (Wildman–Crippen LogP) is 4.05. The molecule has 2 rings (SSSR count). The molecule has 0 fully saturated rings. The van der Waals surface area contributed by atoms with Crippen LogP contribution in [0.1, 0.15) is 6.92 Å². The average Bonchev–Trinajstić information content (AvgIpc) is 2.60. The quantitative estimate of drug-likeness (QED) is 0.762. The average molecular weight is 379 g/mol. The van der Waals surface area contributed by atoms with Gasteiger partial charge in [-0.3, -0.25) is 9.59 Å². The summed E-state index contributed by atoms with van der Waals surface area (Å²) in [6, 6.07) is 14.2. The van der Waals surface area contributed by atoms with Crippen LogP contribution in [0.3, 0.4) is 0 Å². The number of nitrogens with one attached hydrogen (secondary N) is 2. The van der Waals surface area contributed by atoms with Crippen LogP contribution in [0.15, 0.2) is 48.5 Å². The van der Waals surface area contributed by atoms with Gasteiger partial charge in [-0.05, 0) is 37.3 Å². The van der Waals surface area contributed by atoms with Crippen molar-refractivity contribution in [2.45, 2.75) is 12.2 Å². The van der Waals surface area contributed by atoms with E-state index < -0.39 is 5.25 Å². The fourth-order valence-corrected chi connectivity index (χ4v) is 2.86. The van der Waals surface area contributed by atoms with Crippen molar-refractivity contribution < 1.29 is 14.3 Å². The summed E-state index contributed by atoms with van der Waals surface area (Å²) in [5.74, 6) is 0.321. The molecule has 0 spiro atoms. The zero-order valence-electron chi connectivity index (χ0n) is 13.9. The molecule has 0 bridgehead atoms. The van der Waals surface area contributed by atoms with Gasteiger partial charge in [0.25, 0.3) is 0 Å². The minimum atomic E-state index is -0.412. The molecule has 132 valence electrons. The summed E-state index contributed by atoms with van der Waals surface area (Å²) in [5.41, 5.74) is 1.23. The first kappa shape index (κ1) is 19.1. The van der Waals surface area contributed by atoms with Gasteiger partial charge in [0.1, 0.15) is 5.75 Å². The number of hydrogen-bond donors (Lipinski definition) is 2. The summed E-state index contributed by atoms with van der Waals surface area (Å²) in [6.07, 6.45) is 0. The van der Waals surface area contributed by atoms with Crippen molar-refractivity contribution in [1.29, 1.82) is 0 Å². The topological polar surface area (TPSA) is 67.4 Å². The molecule has 1 atom stereocenters. The van der Waals surface area contributed by atoms with Crippen LogP contribution in [-0.4, -0.2) is 29.9 Å². The number of carbonyl (C=O) groups is 2. The zero-order valence-corrected chi connectivity index (χ0v) is 15.5. The maximum absolute atomic E-state index is 12.3. The van der Waals surface area contributed by atoms with Crippen molar-refractivity contribution in [2.24, 2.45) is 0 Å². The number of benzene rings is 2. The minimum Gasteiger partial charge on any atom is -0.495 e. The Balaban J connectivity index is 1.86. The van der Waals surface area contributed by atoms with Gasteiger partial charge in [0.2, 0.25) is 11.8 Å². The van der Waals surface area contributed by atoms with Crippen molar-refractivity contribution >= 4 is 46.6 Å². The third-order valence-corrected chi connectivity index (χ3v) is 4.69. The second-order valence-corrected chi connectivity index (χ2v) is 6.97. The van der Waals surface area contributed by atoms with Gasteiger partial charge in [0, 0.05) is 10.7 Å². The van der Waals surface area contributed by atoms with Crippen molar-refractivity contribution in [3.05, 3.63) is 53.6 Å². The van der Waals surface area contributed by atoms with Crippen LogP contribution in [0.2, 0.25) is 5.02 Å². The van der Waals surface area contributed by atoms with Gasteiger partial charge in [-0.25, -0.2) is 0 Å². The van der Waals surface area contributed by atoms with Crippen LogP contribution >= 0.6 is 23.4 Å². The molecule has 5 nitrogen and oxygen atoms in total. The number of hydrogen-bond acceptors (Lipinski definition) is 4. The SMILES string of the molecule is COc1ccc(Cl)cc1NC(=O)C(C)SCC(=O)Nc1ccccc1. The highest BCUT2D eigenvalue weighted by Gasteiger charge is 2.17. The molecule has 2 aromatic carbocycles. The first-order chi connectivity index (χ1) is 12.0. The molecule has 0 aliphatic heterocycles. The third-order valence-electron chi connectivity index (χ3n) is 3.31. The van der Waals surface area contributed by atoms with Crippen molar-refractivity contribution in [3.8, 4) is 5.75 Å². The number of halogens is 1. The van der Waals surface area contributed by atoms with Crippen molar-refractivity contribution in [1.82, 2.24) is 0 Å². The number of rotatable bonds is 7. The molecule has 2 amide bonds. The first-order valence-electron chi connectivity index (χ1n) is 7.60. The standard InChI is InChI=1S/C18H19ClN2O3S/c1-12(25-11-17(22)20-14-6-4-3-5-7-14)18(23)21-15-10-13(19)8-9-16(15)24-2/h3-10,12H,11H2,1-2H3,(H,20,22)(H,21,23). The van der Waals surface area contributed by atoms with Gasteiger partial charge in [-0.15, -0.1) is 11.8 Å². The van der Waals surface area contributed by atoms with Gasteiger partial charge < -0.3 is 15.4 Å². The van der Waals surface area contributed by atoms with E-state index in [-0.39, 0.29) is 17.6 Å². The summed E-state index contributed by atoms with van der Waals surface area (Å²) < 4.78 is 5.20. The summed E-state index contributed by atoms with van der Waals surface area (Å²) in [5, 5.41) is 5.64. The maximum Gasteiger partial charge on any atom is 0.237 e. The molecule has 1 unspecified atom stereocenters. The van der Waals surface area contributed by atoms with Crippen LogP contribution in [0.4, 0.5) is 11.4 Å². The number of para-hydroxylation sites is 1. The molecule has 25 heavy (non-hydrogen) atoms. The highest BCUT2D eigenvalue weighted by Crippen LogP contribution is 2.28. The van der Waals surface area contributed by atoms with E-state index in [0.717, 1.165) is 5.69 Å². The molecule has 0 saturated heterocycles. The lowest BCUT2D eigenvalue weighted by atomic mass is 10.3. The smallest absolute Gasteiger partial charge is 0.237 e. The Morgan fingerprint density at radius 1 is 1.16 bits per heavy atom. The van der Waals surface area contributed by atoms with E-state index in [4.69, 9.17) is 16.3 Å². The molecule has 0 aliphatic carbocycles. The third kappa shape index (κ3) is 5.99. The fourth-order valence-electron chi connectivity index (χ4n) is 2.01. The Bertz CT molecular complexity index is 740. The summed E-state index contributed by atoms with van der Waals surface area (Å²) in [6.45, 7) is 1.74. The molecule has 0 radical (unpaired) electrons. The Hall–Kier alpha value is -2.18. The van der Waals surface area contributed by atoms with E-state index in [0.29, 0.717) is 16.5 Å². The van der Waals surface area contributed by atoms with Gasteiger partial charge in [-0.1, -0.05) is 29.8 Å². The first-order valence-corrected chi connectivity index (χ1v) is 9.03. The number of thioether (sulfide) groups is 1. The number of anilines is 2. The second kappa shape index (κ2) is 9.34. The number of carbonyl (C=O) groups excluding carboxylic acids is 2. The van der Waals surface area contributed by atoms with Gasteiger partial charge >= 0.3 is 0 Å². The van der Waals surface area contributed by atoms with Crippen molar-refractivity contribution in [2.75, 3.05) is 23.5 Å². The van der Waals surface area contributed by atoms with Crippen LogP contribution in [-0.2, 0) is 9.59 Å². The lowest BCUT2D eigenvalue weighted by Crippen LogP contribution is -2.25. The minimum absolute atomic E-state index is 0.156. The van der Waals surface area contributed by atoms with Crippen LogP contribution in [0.5, 0.6) is 5.75 Å². The summed E-state index contributed by atoms with van der Waals surface area (Å²) in [4.78, 5) is 24.2. The molecular formula is C18H19ClN2O3S. The summed E-state index contributed by atoms with van der Waals surface area (Å²) >= 11 is 7.20. The fraction of sp³-hybridized carbons (Fsp3) is 0.222. The van der Waals surface area contributed by atoms with E-state index in [1.165, 1.54) is 18.9 Å². The highest BCUT2D eigenvalue weighted by molar-refractivity contribution is 8.01. The largest absolute Gasteiger partial charge is 0.495 e. The Labute approximate surface area is 156 Å². The van der Waals surface area contributed by atoms with Crippen molar-refractivity contribution in [3.63, 3.8) is 0 Å². The zero-order chi connectivity index (χ0) is 18.2. The maximum atomic E-state index is 12.3. The predicted molar refractivity (Wildman–Crippen MR) is 104 cm³/mol. The Kier molecular flexibility index (Phi) is 7.16. The number of ether oxygens (including phenoxy) is 1. The monoisotopic (exact) mass is 378 g/mol. The Morgan fingerprint density at radius 2 is 1.88 bits per heavy atom. The van der Waals surface area contributed by atoms with Gasteiger partial charge in [0.05, 0.1) is 23.8 Å². The number of amides is 2. The molecule has 7 heteroatoms. The molecule has 0 aliphatic rings. The summed E-state index contributed by atoms with van der Waals surface area (Å²) in [7, 11) is 1.52. The van der Waals surface area contributed by atoms with E-state index in [1.54, 1.807) is 25.1 Å². The van der Waals surface area contributed by atoms with Crippen LogP contribution in [0.25, 0.3) is 0 Å². The van der Waals surface area contributed by atoms with Gasteiger partial charge in [0.15, 0.2) is 0 Å². The molecule has 2 aromatic rings. The van der Waals surface area contributed by atoms with E-state index >= 15 is 0 Å². The molecular weight excluding hydrogens is 360 g/mol. The van der Waals surface area contributed by atoms with E-state index in [2.05, 4.69) is 10.6 Å². The Morgan fingerprint density at radius 3 is 2.56 bits per heavy atom. The lowest BCUT2D eigenvalue weighted by Gasteiger charge is -2.14. The second-order valence-electron chi connectivity index (χ2n) is 5.20. The normalized spacial score (nSPS) is 11.5. The van der Waals surface area contributed by atoms with Crippen LogP contribution in [0, 0.1) is 0 Å². The van der Waals surface area contributed by atoms with Gasteiger partial charge in [-0.2, -0.15) is 0 Å². The molecule has 0 saturated carbocycles. The van der Waals surface area contributed by atoms with Crippen LogP contribution < -0.4 is 15.4 Å². The van der Waals surface area contributed by atoms with E-state index in [1.807, 2.05) is 30.3 Å². The lowest BCUT2D eigenvalue weighted by molar-refractivity contribution is -0.115.